The number of nitrogens with one attached hydrogen (secondary N) is 1. The Labute approximate surface area is 163 Å². The van der Waals surface area contributed by atoms with Crippen LogP contribution in [0.5, 0.6) is 5.75 Å². The Morgan fingerprint density at radius 3 is 2.36 bits per heavy atom. The van der Waals surface area contributed by atoms with Crippen LogP contribution in [0.15, 0.2) is 47.5 Å². The number of nitrogens with two attached hydrogens (primary N) is 1. The summed E-state index contributed by atoms with van der Waals surface area (Å²) in [7, 11) is 0. The van der Waals surface area contributed by atoms with Crippen molar-refractivity contribution in [3.63, 3.8) is 0 Å². The number of hydrogen-bond acceptors (Lipinski definition) is 2. The van der Waals surface area contributed by atoms with Gasteiger partial charge in [-0.05, 0) is 42.0 Å². The Kier molecular flexibility index (Phi) is 7.74. The summed E-state index contributed by atoms with van der Waals surface area (Å²) in [4.78, 5) is 4.03. The van der Waals surface area contributed by atoms with Crippen molar-refractivity contribution in [3.05, 3.63) is 58.9 Å². The number of nitrogens with zero attached hydrogens (tertiary/aromatic N) is 1. The second-order valence-electron chi connectivity index (χ2n) is 4.65. The zero-order chi connectivity index (χ0) is 17.7. The fraction of sp³-hybridized carbons (Fsp3) is 0.133. The SMILES string of the molecule is I.NC(=NCc1ccc(F)c(Cl)c1)Nc1ccc(OC(F)(F)F)cc1. The summed E-state index contributed by atoms with van der Waals surface area (Å²) < 4.78 is 53.0. The molecule has 10 heteroatoms. The summed E-state index contributed by atoms with van der Waals surface area (Å²) in [5.41, 5.74) is 6.77. The highest BCUT2D eigenvalue weighted by molar-refractivity contribution is 14.0. The van der Waals surface area contributed by atoms with Crippen molar-refractivity contribution in [1.82, 2.24) is 0 Å². The molecule has 0 bridgehead atoms. The molecule has 136 valence electrons. The second-order valence-corrected chi connectivity index (χ2v) is 5.05. The molecule has 2 rings (SSSR count). The summed E-state index contributed by atoms with van der Waals surface area (Å²) in [6, 6.07) is 9.16. The van der Waals surface area contributed by atoms with Crippen LogP contribution >= 0.6 is 35.6 Å². The van der Waals surface area contributed by atoms with Crippen LogP contribution in [0.3, 0.4) is 0 Å². The van der Waals surface area contributed by atoms with Gasteiger partial charge in [0.15, 0.2) is 5.96 Å². The number of benzene rings is 2. The summed E-state index contributed by atoms with van der Waals surface area (Å²) in [6.07, 6.45) is -4.74. The molecule has 4 nitrogen and oxygen atoms in total. The molecule has 3 N–H and O–H groups in total. The molecule has 2 aromatic carbocycles. The molecule has 0 aliphatic heterocycles. The van der Waals surface area contributed by atoms with E-state index in [1.807, 2.05) is 0 Å². The highest BCUT2D eigenvalue weighted by Crippen LogP contribution is 2.24. The van der Waals surface area contributed by atoms with E-state index in [9.17, 15) is 17.6 Å². The van der Waals surface area contributed by atoms with Crippen LogP contribution in [0.4, 0.5) is 23.2 Å². The third-order valence-corrected chi connectivity index (χ3v) is 3.07. The van der Waals surface area contributed by atoms with Gasteiger partial charge in [0, 0.05) is 5.69 Å². The molecule has 0 saturated heterocycles. The van der Waals surface area contributed by atoms with Gasteiger partial charge in [-0.25, -0.2) is 9.38 Å². The predicted octanol–water partition coefficient (Wildman–Crippen LogP) is 4.92. The van der Waals surface area contributed by atoms with Gasteiger partial charge in [-0.3, -0.25) is 0 Å². The Morgan fingerprint density at radius 2 is 1.80 bits per heavy atom. The van der Waals surface area contributed by atoms with Gasteiger partial charge >= 0.3 is 6.36 Å². The molecule has 0 spiro atoms. The average Bonchev–Trinajstić information content (AvgIpc) is 2.49. The van der Waals surface area contributed by atoms with Crippen LogP contribution in [0.1, 0.15) is 5.56 Å². The van der Waals surface area contributed by atoms with E-state index in [2.05, 4.69) is 15.0 Å². The molecule has 0 saturated carbocycles. The standard InChI is InChI=1S/C15H12ClF4N3O.HI/c16-12-7-9(1-6-13(12)17)8-22-14(21)23-10-2-4-11(5-3-10)24-15(18,19)20;/h1-7H,8H2,(H3,21,22,23);1H. The van der Waals surface area contributed by atoms with Gasteiger partial charge in [-0.15, -0.1) is 37.1 Å². The van der Waals surface area contributed by atoms with Gasteiger partial charge in [0.1, 0.15) is 11.6 Å². The monoisotopic (exact) mass is 489 g/mol. The second kappa shape index (κ2) is 9.09. The minimum absolute atomic E-state index is 0. The van der Waals surface area contributed by atoms with E-state index in [0.717, 1.165) is 12.1 Å². The molecule has 0 aromatic heterocycles. The first kappa shape index (κ1) is 21.3. The average molecular weight is 490 g/mol. The normalized spacial score (nSPS) is 11.6. The van der Waals surface area contributed by atoms with Crippen LogP contribution in [-0.4, -0.2) is 12.3 Å². The van der Waals surface area contributed by atoms with E-state index in [0.29, 0.717) is 11.3 Å². The molecule has 0 heterocycles. The lowest BCUT2D eigenvalue weighted by atomic mass is 10.2. The zero-order valence-electron chi connectivity index (χ0n) is 12.5. The van der Waals surface area contributed by atoms with Crippen LogP contribution in [0.2, 0.25) is 5.02 Å². The van der Waals surface area contributed by atoms with Gasteiger partial charge in [0.05, 0.1) is 11.6 Å². The lowest BCUT2D eigenvalue weighted by Gasteiger charge is -2.10. The van der Waals surface area contributed by atoms with Gasteiger partial charge in [0.25, 0.3) is 0 Å². The predicted molar refractivity (Wildman–Crippen MR) is 98.9 cm³/mol. The first-order valence-corrected chi connectivity index (χ1v) is 6.97. The first-order chi connectivity index (χ1) is 11.2. The van der Waals surface area contributed by atoms with Gasteiger partial charge in [0.2, 0.25) is 0 Å². The maximum absolute atomic E-state index is 13.0. The van der Waals surface area contributed by atoms with E-state index in [4.69, 9.17) is 17.3 Å². The van der Waals surface area contributed by atoms with Crippen molar-refractivity contribution in [2.45, 2.75) is 12.9 Å². The number of ether oxygens (including phenoxy) is 1. The van der Waals surface area contributed by atoms with Gasteiger partial charge in [-0.2, -0.15) is 0 Å². The molecule has 0 atom stereocenters. The fourth-order valence-corrected chi connectivity index (χ4v) is 1.94. The number of rotatable bonds is 4. The molecule has 0 radical (unpaired) electrons. The number of guanidine groups is 1. The highest BCUT2D eigenvalue weighted by atomic mass is 127. The summed E-state index contributed by atoms with van der Waals surface area (Å²) in [5.74, 6) is -0.832. The maximum Gasteiger partial charge on any atom is 0.573 e. The van der Waals surface area contributed by atoms with Gasteiger partial charge in [-0.1, -0.05) is 17.7 Å². The van der Waals surface area contributed by atoms with Crippen molar-refractivity contribution in [2.24, 2.45) is 10.7 Å². The van der Waals surface area contributed by atoms with E-state index < -0.39 is 12.2 Å². The molecule has 25 heavy (non-hydrogen) atoms. The molecule has 0 aliphatic carbocycles. The molecular weight excluding hydrogens is 477 g/mol. The smallest absolute Gasteiger partial charge is 0.406 e. The van der Waals surface area contributed by atoms with Crippen molar-refractivity contribution >= 4 is 47.2 Å². The lowest BCUT2D eigenvalue weighted by molar-refractivity contribution is -0.274. The highest BCUT2D eigenvalue weighted by Gasteiger charge is 2.30. The Hall–Kier alpha value is -1.75. The summed E-state index contributed by atoms with van der Waals surface area (Å²) >= 11 is 5.66. The van der Waals surface area contributed by atoms with Crippen LogP contribution in [0.25, 0.3) is 0 Å². The number of halogens is 6. The minimum atomic E-state index is -4.74. The van der Waals surface area contributed by atoms with Crippen molar-refractivity contribution in [3.8, 4) is 5.75 Å². The first-order valence-electron chi connectivity index (χ1n) is 6.59. The Balaban J connectivity index is 0.00000312. The van der Waals surface area contributed by atoms with Crippen molar-refractivity contribution in [1.29, 1.82) is 0 Å². The minimum Gasteiger partial charge on any atom is -0.406 e. The van der Waals surface area contributed by atoms with E-state index in [1.165, 1.54) is 30.3 Å². The van der Waals surface area contributed by atoms with Crippen molar-refractivity contribution in [2.75, 3.05) is 5.32 Å². The Morgan fingerprint density at radius 1 is 1.16 bits per heavy atom. The fourth-order valence-electron chi connectivity index (χ4n) is 1.74. The van der Waals surface area contributed by atoms with Gasteiger partial charge < -0.3 is 15.8 Å². The molecule has 2 aromatic rings. The van der Waals surface area contributed by atoms with E-state index in [1.54, 1.807) is 0 Å². The number of anilines is 1. The largest absolute Gasteiger partial charge is 0.573 e. The third-order valence-electron chi connectivity index (χ3n) is 2.78. The molecule has 0 fully saturated rings. The zero-order valence-corrected chi connectivity index (χ0v) is 15.6. The number of hydrogen-bond donors (Lipinski definition) is 2. The van der Waals surface area contributed by atoms with E-state index in [-0.39, 0.29) is 47.3 Å². The van der Waals surface area contributed by atoms with Crippen LogP contribution < -0.4 is 15.8 Å². The molecule has 0 unspecified atom stereocenters. The van der Waals surface area contributed by atoms with Crippen molar-refractivity contribution < 1.29 is 22.3 Å². The summed E-state index contributed by atoms with van der Waals surface area (Å²) in [5, 5.41) is 2.69. The molecular formula is C15H13ClF4IN3O. The summed E-state index contributed by atoms with van der Waals surface area (Å²) in [6.45, 7) is 0.161. The lowest BCUT2D eigenvalue weighted by Crippen LogP contribution is -2.22. The van der Waals surface area contributed by atoms with E-state index >= 15 is 0 Å². The number of aliphatic imine (C=N–C) groups is 1. The topological polar surface area (TPSA) is 59.6 Å². The molecule has 0 amide bonds. The number of alkyl halides is 3. The molecule has 0 aliphatic rings. The van der Waals surface area contributed by atoms with Crippen LogP contribution in [-0.2, 0) is 6.54 Å². The maximum atomic E-state index is 13.0. The van der Waals surface area contributed by atoms with Crippen LogP contribution in [0, 0.1) is 5.82 Å². The quantitative estimate of drug-likeness (QED) is 0.277. The Bertz CT molecular complexity index is 739. The third kappa shape index (κ3) is 7.34.